The van der Waals surface area contributed by atoms with Gasteiger partial charge in [-0.25, -0.2) is 0 Å². The van der Waals surface area contributed by atoms with Crippen molar-refractivity contribution in [3.8, 4) is 0 Å². The number of hydrogen-bond acceptors (Lipinski definition) is 6. The first-order chi connectivity index (χ1) is 33.5. The highest BCUT2D eigenvalue weighted by molar-refractivity contribution is 5.71. The van der Waals surface area contributed by atoms with Gasteiger partial charge in [0.2, 0.25) is 0 Å². The Morgan fingerprint density at radius 3 is 1.04 bits per heavy atom. The second-order valence-corrected chi connectivity index (χ2v) is 18.1. The van der Waals surface area contributed by atoms with Crippen LogP contribution in [0.1, 0.15) is 245 Å². The third kappa shape index (κ3) is 53.0. The van der Waals surface area contributed by atoms with Gasteiger partial charge in [0, 0.05) is 19.3 Å². The molecule has 6 heteroatoms. The molecule has 1 unspecified atom stereocenters. The van der Waals surface area contributed by atoms with Crippen molar-refractivity contribution in [3.63, 3.8) is 0 Å². The van der Waals surface area contributed by atoms with E-state index < -0.39 is 6.10 Å². The second kappa shape index (κ2) is 55.7. The smallest absolute Gasteiger partial charge is 0.306 e. The van der Waals surface area contributed by atoms with Gasteiger partial charge in [-0.15, -0.1) is 0 Å². The van der Waals surface area contributed by atoms with E-state index in [0.717, 1.165) is 103 Å². The summed E-state index contributed by atoms with van der Waals surface area (Å²) in [7, 11) is 0. The van der Waals surface area contributed by atoms with E-state index in [1.54, 1.807) is 0 Å². The molecule has 0 saturated carbocycles. The molecule has 6 nitrogen and oxygen atoms in total. The Labute approximate surface area is 419 Å². The highest BCUT2D eigenvalue weighted by Gasteiger charge is 2.19. The number of rotatable bonds is 49. The van der Waals surface area contributed by atoms with Crippen LogP contribution in [0.15, 0.2) is 109 Å². The molecule has 0 spiro atoms. The summed E-state index contributed by atoms with van der Waals surface area (Å²) < 4.78 is 16.8. The van der Waals surface area contributed by atoms with E-state index in [-0.39, 0.29) is 37.5 Å². The molecule has 0 aliphatic carbocycles. The monoisotopic (exact) mass is 943 g/mol. The average Bonchev–Trinajstić information content (AvgIpc) is 3.34. The summed E-state index contributed by atoms with van der Waals surface area (Å²) in [6.07, 6.45) is 75.1. The fraction of sp³-hybridized carbons (Fsp3) is 0.661. The Bertz CT molecular complexity index is 1410. The van der Waals surface area contributed by atoms with Gasteiger partial charge in [0.05, 0.1) is 0 Å². The Morgan fingerprint density at radius 2 is 0.603 bits per heavy atom. The second-order valence-electron chi connectivity index (χ2n) is 18.1. The third-order valence-corrected chi connectivity index (χ3v) is 11.5. The fourth-order valence-electron chi connectivity index (χ4n) is 7.32. The quantitative estimate of drug-likeness (QED) is 0.0262. The molecule has 0 fully saturated rings. The van der Waals surface area contributed by atoms with Crippen molar-refractivity contribution in [1.82, 2.24) is 0 Å². The van der Waals surface area contributed by atoms with Crippen LogP contribution in [0.4, 0.5) is 0 Å². The zero-order valence-electron chi connectivity index (χ0n) is 44.1. The van der Waals surface area contributed by atoms with Crippen molar-refractivity contribution in [2.45, 2.75) is 252 Å². The molecule has 0 aromatic carbocycles. The lowest BCUT2D eigenvalue weighted by molar-refractivity contribution is -0.166. The number of esters is 3. The SMILES string of the molecule is CC/C=C\C/C=C\C/C=C\C/C=C\C/C=C\C/C=C\CCC(=O)OCC(COC(=O)CCCCC/C=C\CCCCCCCCC)OC(=O)CCCCCCCCC/C=C\C/C=C\CCCCC. The molecule has 386 valence electrons. The molecule has 0 radical (unpaired) electrons. The van der Waals surface area contributed by atoms with Crippen LogP contribution in [0, 0.1) is 0 Å². The minimum absolute atomic E-state index is 0.114. The van der Waals surface area contributed by atoms with Gasteiger partial charge in [0.25, 0.3) is 0 Å². The first-order valence-electron chi connectivity index (χ1n) is 27.9. The Kier molecular flexibility index (Phi) is 52.4. The molecule has 0 rings (SSSR count). The summed E-state index contributed by atoms with van der Waals surface area (Å²) in [6.45, 7) is 6.41. The van der Waals surface area contributed by atoms with Gasteiger partial charge in [-0.1, -0.05) is 220 Å². The van der Waals surface area contributed by atoms with Gasteiger partial charge < -0.3 is 14.2 Å². The van der Waals surface area contributed by atoms with Gasteiger partial charge in [0.15, 0.2) is 6.10 Å². The minimum atomic E-state index is -0.821. The van der Waals surface area contributed by atoms with E-state index in [4.69, 9.17) is 14.2 Å². The van der Waals surface area contributed by atoms with Crippen LogP contribution in [0.2, 0.25) is 0 Å². The zero-order valence-corrected chi connectivity index (χ0v) is 44.1. The molecule has 0 aromatic heterocycles. The zero-order chi connectivity index (χ0) is 49.3. The Balaban J connectivity index is 4.54. The van der Waals surface area contributed by atoms with Gasteiger partial charge in [-0.2, -0.15) is 0 Å². The number of carbonyl (C=O) groups is 3. The van der Waals surface area contributed by atoms with Crippen molar-refractivity contribution in [3.05, 3.63) is 109 Å². The highest BCUT2D eigenvalue weighted by atomic mass is 16.6. The van der Waals surface area contributed by atoms with Crippen LogP contribution in [-0.2, 0) is 28.6 Å². The minimum Gasteiger partial charge on any atom is -0.462 e. The van der Waals surface area contributed by atoms with Crippen LogP contribution in [-0.4, -0.2) is 37.2 Å². The number of ether oxygens (including phenoxy) is 3. The molecule has 0 N–H and O–H groups in total. The van der Waals surface area contributed by atoms with Crippen LogP contribution in [0.5, 0.6) is 0 Å². The largest absolute Gasteiger partial charge is 0.462 e. The van der Waals surface area contributed by atoms with E-state index >= 15 is 0 Å². The topological polar surface area (TPSA) is 78.9 Å². The van der Waals surface area contributed by atoms with E-state index in [0.29, 0.717) is 19.3 Å². The standard InChI is InChI=1S/C62H102O6/c1-4-7-10-13-16-19-22-25-28-30-31-33-34-37-40-43-46-49-52-55-61(64)67-58-59(57-66-60(63)54-51-48-45-42-39-36-27-24-21-18-15-12-9-6-3)68-62(65)56-53-50-47-44-41-38-35-32-29-26-23-20-17-14-11-8-5-2/h7,10,16-17,19-20,25-26,28-29,31,33,36-37,39-40,46,49,59H,4-6,8-9,11-15,18,21-24,27,30,32,34-35,38,41-45,47-48,50-58H2,1-3H3/b10-7-,19-16-,20-17-,28-25-,29-26-,33-31-,39-36-,40-37-,49-46-. The van der Waals surface area contributed by atoms with Crippen LogP contribution < -0.4 is 0 Å². The van der Waals surface area contributed by atoms with Gasteiger partial charge in [-0.3, -0.25) is 14.4 Å². The van der Waals surface area contributed by atoms with E-state index in [1.807, 2.05) is 6.08 Å². The van der Waals surface area contributed by atoms with Crippen molar-refractivity contribution < 1.29 is 28.6 Å². The highest BCUT2D eigenvalue weighted by Crippen LogP contribution is 2.13. The molecule has 0 bridgehead atoms. The van der Waals surface area contributed by atoms with Gasteiger partial charge >= 0.3 is 17.9 Å². The number of carbonyl (C=O) groups excluding carboxylic acids is 3. The van der Waals surface area contributed by atoms with Crippen molar-refractivity contribution >= 4 is 17.9 Å². The molecular formula is C62H102O6. The predicted molar refractivity (Wildman–Crippen MR) is 293 cm³/mol. The van der Waals surface area contributed by atoms with E-state index in [1.165, 1.54) is 96.3 Å². The van der Waals surface area contributed by atoms with E-state index in [9.17, 15) is 14.4 Å². The summed E-state index contributed by atoms with van der Waals surface area (Å²) in [5.41, 5.74) is 0. The predicted octanol–water partition coefficient (Wildman–Crippen LogP) is 18.7. The lowest BCUT2D eigenvalue weighted by Crippen LogP contribution is -2.30. The number of hydrogen-bond donors (Lipinski definition) is 0. The average molecular weight is 943 g/mol. The van der Waals surface area contributed by atoms with Crippen molar-refractivity contribution in [2.24, 2.45) is 0 Å². The summed E-state index contributed by atoms with van der Waals surface area (Å²) >= 11 is 0. The maximum atomic E-state index is 12.8. The first kappa shape index (κ1) is 64.1. The molecule has 0 heterocycles. The molecule has 1 atom stereocenters. The Morgan fingerprint density at radius 1 is 0.309 bits per heavy atom. The normalized spacial score (nSPS) is 12.9. The van der Waals surface area contributed by atoms with Crippen LogP contribution in [0.3, 0.4) is 0 Å². The van der Waals surface area contributed by atoms with Crippen molar-refractivity contribution in [2.75, 3.05) is 13.2 Å². The molecule has 0 aliphatic heterocycles. The van der Waals surface area contributed by atoms with Gasteiger partial charge in [-0.05, 0) is 116 Å². The summed E-state index contributed by atoms with van der Waals surface area (Å²) in [5, 5.41) is 0. The number of allylic oxidation sites excluding steroid dienone is 18. The molecule has 0 amide bonds. The fourth-order valence-corrected chi connectivity index (χ4v) is 7.32. The maximum Gasteiger partial charge on any atom is 0.306 e. The molecule has 0 aromatic rings. The van der Waals surface area contributed by atoms with Gasteiger partial charge in [0.1, 0.15) is 13.2 Å². The van der Waals surface area contributed by atoms with E-state index in [2.05, 4.69) is 124 Å². The van der Waals surface area contributed by atoms with Crippen LogP contribution in [0.25, 0.3) is 0 Å². The lowest BCUT2D eigenvalue weighted by atomic mass is 10.1. The summed E-state index contributed by atoms with van der Waals surface area (Å²) in [4.78, 5) is 38.1. The summed E-state index contributed by atoms with van der Waals surface area (Å²) in [5.74, 6) is -1.02. The number of unbranched alkanes of at least 4 members (excludes halogenated alkanes) is 20. The molecule has 68 heavy (non-hydrogen) atoms. The summed E-state index contributed by atoms with van der Waals surface area (Å²) in [6, 6.07) is 0. The third-order valence-electron chi connectivity index (χ3n) is 11.5. The lowest BCUT2D eigenvalue weighted by Gasteiger charge is -2.18. The van der Waals surface area contributed by atoms with Crippen LogP contribution >= 0.6 is 0 Å². The maximum absolute atomic E-state index is 12.8. The van der Waals surface area contributed by atoms with Crippen molar-refractivity contribution in [1.29, 1.82) is 0 Å². The first-order valence-corrected chi connectivity index (χ1v) is 27.9. The molecule has 0 saturated heterocycles. The molecule has 0 aliphatic rings. The Hall–Kier alpha value is -3.93. The molecular weight excluding hydrogens is 841 g/mol.